The molecule has 4 nitrogen and oxygen atoms in total. The van der Waals surface area contributed by atoms with Crippen LogP contribution in [-0.2, 0) is 10.8 Å². The van der Waals surface area contributed by atoms with Gasteiger partial charge in [0.15, 0.2) is 0 Å². The Morgan fingerprint density at radius 1 is 1.71 bits per heavy atom. The fraction of sp³-hybridized carbons (Fsp3) is 0.333. The molecule has 0 aliphatic rings. The molecule has 1 N–H and O–H groups in total. The van der Waals surface area contributed by atoms with Crippen LogP contribution in [0.1, 0.15) is 5.56 Å². The molecule has 14 heavy (non-hydrogen) atoms. The summed E-state index contributed by atoms with van der Waals surface area (Å²) >= 11 is 0. The van der Waals surface area contributed by atoms with E-state index in [2.05, 4.69) is 10.3 Å². The molecular weight excluding hydrogens is 198 g/mol. The molecule has 0 fully saturated rings. The van der Waals surface area contributed by atoms with Gasteiger partial charge in [0.1, 0.15) is 11.9 Å². The molecule has 0 amide bonds. The Balaban J connectivity index is 2.59. The highest BCUT2D eigenvalue weighted by molar-refractivity contribution is 7.84. The van der Waals surface area contributed by atoms with Gasteiger partial charge in [0.2, 0.25) is 0 Å². The van der Waals surface area contributed by atoms with E-state index in [0.29, 0.717) is 23.7 Å². The molecule has 1 rings (SSSR count). The number of aromatic nitrogens is 1. The molecule has 74 valence electrons. The molecule has 0 aliphatic carbocycles. The van der Waals surface area contributed by atoms with Crippen molar-refractivity contribution in [3.05, 3.63) is 23.9 Å². The van der Waals surface area contributed by atoms with Crippen molar-refractivity contribution >= 4 is 16.6 Å². The van der Waals surface area contributed by atoms with Crippen molar-refractivity contribution in [2.24, 2.45) is 0 Å². The minimum atomic E-state index is -0.821. The number of anilines is 1. The summed E-state index contributed by atoms with van der Waals surface area (Å²) in [6.45, 7) is 0.564. The summed E-state index contributed by atoms with van der Waals surface area (Å²) in [4.78, 5) is 4.01. The van der Waals surface area contributed by atoms with Gasteiger partial charge in [0, 0.05) is 35.5 Å². The van der Waals surface area contributed by atoms with Crippen LogP contribution in [0.4, 0.5) is 5.82 Å². The van der Waals surface area contributed by atoms with Crippen molar-refractivity contribution in [3.8, 4) is 6.07 Å². The second kappa shape index (κ2) is 5.35. The minimum absolute atomic E-state index is 0.509. The van der Waals surface area contributed by atoms with Crippen LogP contribution in [0, 0.1) is 11.3 Å². The first-order valence-corrected chi connectivity index (χ1v) is 5.86. The van der Waals surface area contributed by atoms with Gasteiger partial charge in [-0.15, -0.1) is 0 Å². The molecule has 1 atom stereocenters. The normalized spacial score (nSPS) is 11.7. The highest BCUT2D eigenvalue weighted by Crippen LogP contribution is 2.08. The van der Waals surface area contributed by atoms with E-state index in [4.69, 9.17) is 5.26 Å². The molecule has 0 aromatic carbocycles. The molecule has 0 spiro atoms. The van der Waals surface area contributed by atoms with Crippen LogP contribution in [0.15, 0.2) is 18.3 Å². The number of nitrogens with zero attached hydrogens (tertiary/aromatic N) is 2. The Hall–Kier alpha value is -1.41. The van der Waals surface area contributed by atoms with E-state index in [1.807, 2.05) is 6.07 Å². The van der Waals surface area contributed by atoms with E-state index in [0.717, 1.165) is 0 Å². The fourth-order valence-corrected chi connectivity index (χ4v) is 1.34. The average molecular weight is 209 g/mol. The first kappa shape index (κ1) is 10.7. The predicted molar refractivity (Wildman–Crippen MR) is 56.4 cm³/mol. The molecular formula is C9H11N3OS. The summed E-state index contributed by atoms with van der Waals surface area (Å²) in [5.41, 5.74) is 0.509. The van der Waals surface area contributed by atoms with Crippen LogP contribution in [0.25, 0.3) is 0 Å². The zero-order valence-electron chi connectivity index (χ0n) is 7.86. The van der Waals surface area contributed by atoms with Gasteiger partial charge in [-0.2, -0.15) is 5.26 Å². The van der Waals surface area contributed by atoms with Crippen LogP contribution >= 0.6 is 0 Å². The molecule has 0 radical (unpaired) electrons. The third-order valence-electron chi connectivity index (χ3n) is 1.61. The lowest BCUT2D eigenvalue weighted by molar-refractivity contribution is 0.687. The Morgan fingerprint density at radius 2 is 2.50 bits per heavy atom. The highest BCUT2D eigenvalue weighted by Gasteiger charge is 2.00. The summed E-state index contributed by atoms with van der Waals surface area (Å²) in [6.07, 6.45) is 3.26. The van der Waals surface area contributed by atoms with Crippen LogP contribution in [0.5, 0.6) is 0 Å². The zero-order chi connectivity index (χ0) is 10.4. The van der Waals surface area contributed by atoms with Crippen LogP contribution in [-0.4, -0.2) is 27.7 Å². The summed E-state index contributed by atoms with van der Waals surface area (Å²) in [5.74, 6) is 1.11. The first-order chi connectivity index (χ1) is 6.74. The quantitative estimate of drug-likeness (QED) is 0.794. The van der Waals surface area contributed by atoms with Crippen molar-refractivity contribution in [1.29, 1.82) is 5.26 Å². The smallest absolute Gasteiger partial charge is 0.143 e. The van der Waals surface area contributed by atoms with Crippen molar-refractivity contribution in [3.63, 3.8) is 0 Å². The molecule has 0 aliphatic heterocycles. The van der Waals surface area contributed by atoms with Gasteiger partial charge >= 0.3 is 0 Å². The molecule has 0 bridgehead atoms. The third kappa shape index (κ3) is 3.15. The van der Waals surface area contributed by atoms with Crippen LogP contribution in [0.2, 0.25) is 0 Å². The highest BCUT2D eigenvalue weighted by atomic mass is 32.2. The molecule has 5 heteroatoms. The maximum absolute atomic E-state index is 10.8. The number of rotatable bonds is 4. The summed E-state index contributed by atoms with van der Waals surface area (Å²) in [7, 11) is -0.821. The van der Waals surface area contributed by atoms with E-state index in [9.17, 15) is 4.21 Å². The number of nitriles is 1. The molecule has 1 unspecified atom stereocenters. The number of hydrogen-bond donors (Lipinski definition) is 1. The second-order valence-electron chi connectivity index (χ2n) is 2.72. The standard InChI is InChI=1S/C9H11N3OS/c1-14(13)6-5-12-9-8(7-10)3-2-4-11-9/h2-4H,5-6H2,1H3,(H,11,12). The Morgan fingerprint density at radius 3 is 3.14 bits per heavy atom. The maximum Gasteiger partial charge on any atom is 0.143 e. The van der Waals surface area contributed by atoms with E-state index >= 15 is 0 Å². The fourth-order valence-electron chi connectivity index (χ4n) is 0.950. The largest absolute Gasteiger partial charge is 0.368 e. The van der Waals surface area contributed by atoms with Crippen LogP contribution < -0.4 is 5.32 Å². The minimum Gasteiger partial charge on any atom is -0.368 e. The van der Waals surface area contributed by atoms with Crippen molar-refractivity contribution in [2.75, 3.05) is 23.9 Å². The van der Waals surface area contributed by atoms with Crippen molar-refractivity contribution in [2.45, 2.75) is 0 Å². The van der Waals surface area contributed by atoms with E-state index in [-0.39, 0.29) is 0 Å². The van der Waals surface area contributed by atoms with Crippen molar-refractivity contribution < 1.29 is 4.21 Å². The lowest BCUT2D eigenvalue weighted by Gasteiger charge is -2.04. The monoisotopic (exact) mass is 209 g/mol. The summed E-state index contributed by atoms with van der Waals surface area (Å²) in [5, 5.41) is 11.7. The van der Waals surface area contributed by atoms with Gasteiger partial charge < -0.3 is 5.32 Å². The lowest BCUT2D eigenvalue weighted by Crippen LogP contribution is -2.11. The van der Waals surface area contributed by atoms with Gasteiger partial charge in [-0.05, 0) is 12.1 Å². The number of nitrogens with one attached hydrogen (secondary N) is 1. The number of pyridine rings is 1. The van der Waals surface area contributed by atoms with Crippen LogP contribution in [0.3, 0.4) is 0 Å². The zero-order valence-corrected chi connectivity index (χ0v) is 8.67. The Bertz CT molecular complexity index is 373. The summed E-state index contributed by atoms with van der Waals surface area (Å²) < 4.78 is 10.8. The Labute approximate surface area is 85.4 Å². The van der Waals surface area contributed by atoms with Gasteiger partial charge in [-0.3, -0.25) is 4.21 Å². The van der Waals surface area contributed by atoms with E-state index in [1.54, 1.807) is 24.6 Å². The molecule has 0 saturated carbocycles. The van der Waals surface area contributed by atoms with Gasteiger partial charge in [-0.25, -0.2) is 4.98 Å². The maximum atomic E-state index is 10.8. The van der Waals surface area contributed by atoms with Crippen molar-refractivity contribution in [1.82, 2.24) is 4.98 Å². The Kier molecular flexibility index (Phi) is 4.08. The first-order valence-electron chi connectivity index (χ1n) is 4.13. The second-order valence-corrected chi connectivity index (χ2v) is 4.27. The lowest BCUT2D eigenvalue weighted by atomic mass is 10.3. The third-order valence-corrected chi connectivity index (χ3v) is 2.39. The predicted octanol–water partition coefficient (Wildman–Crippen LogP) is 0.744. The van der Waals surface area contributed by atoms with Gasteiger partial charge in [0.05, 0.1) is 5.56 Å². The van der Waals surface area contributed by atoms with Gasteiger partial charge in [0.25, 0.3) is 0 Å². The molecule has 0 saturated heterocycles. The van der Waals surface area contributed by atoms with E-state index < -0.39 is 10.8 Å². The summed E-state index contributed by atoms with van der Waals surface area (Å²) in [6, 6.07) is 5.44. The molecule has 1 aromatic rings. The molecule has 1 aromatic heterocycles. The topological polar surface area (TPSA) is 65.8 Å². The SMILES string of the molecule is CS(=O)CCNc1ncccc1C#N. The average Bonchev–Trinajstić information content (AvgIpc) is 2.18. The van der Waals surface area contributed by atoms with Gasteiger partial charge in [-0.1, -0.05) is 0 Å². The molecule has 1 heterocycles. The number of hydrogen-bond acceptors (Lipinski definition) is 4. The van der Waals surface area contributed by atoms with E-state index in [1.165, 1.54) is 0 Å².